The van der Waals surface area contributed by atoms with Crippen LogP contribution in [-0.4, -0.2) is 23.2 Å². The molecule has 0 atom stereocenters. The number of aryl methyl sites for hydroxylation is 1. The van der Waals surface area contributed by atoms with Crippen LogP contribution < -0.4 is 5.32 Å². The van der Waals surface area contributed by atoms with Crippen molar-refractivity contribution in [2.24, 2.45) is 0 Å². The van der Waals surface area contributed by atoms with Gasteiger partial charge in [0.25, 0.3) is 5.91 Å². The summed E-state index contributed by atoms with van der Waals surface area (Å²) < 4.78 is 0. The first-order chi connectivity index (χ1) is 9.65. The lowest BCUT2D eigenvalue weighted by Gasteiger charge is -2.06. The third-order valence-electron chi connectivity index (χ3n) is 2.58. The maximum Gasteiger partial charge on any atom is 0.251 e. The van der Waals surface area contributed by atoms with E-state index in [2.05, 4.69) is 22.4 Å². The van der Waals surface area contributed by atoms with E-state index in [0.29, 0.717) is 17.3 Å². The molecule has 104 valence electrons. The molecule has 0 aliphatic heterocycles. The van der Waals surface area contributed by atoms with E-state index in [-0.39, 0.29) is 5.91 Å². The van der Waals surface area contributed by atoms with E-state index in [1.54, 1.807) is 23.9 Å². The van der Waals surface area contributed by atoms with Gasteiger partial charge in [0, 0.05) is 28.5 Å². The number of carbonyl (C=O) groups is 1. The summed E-state index contributed by atoms with van der Waals surface area (Å²) in [4.78, 5) is 17.2. The van der Waals surface area contributed by atoms with Crippen molar-refractivity contribution in [2.75, 3.05) is 12.3 Å². The second kappa shape index (κ2) is 7.31. The van der Waals surface area contributed by atoms with Gasteiger partial charge in [-0.3, -0.25) is 4.79 Å². The Morgan fingerprint density at radius 2 is 2.05 bits per heavy atom. The van der Waals surface area contributed by atoms with Crippen molar-refractivity contribution in [1.29, 1.82) is 0 Å². The zero-order valence-corrected chi connectivity index (χ0v) is 12.7. The van der Waals surface area contributed by atoms with E-state index in [1.807, 2.05) is 25.1 Å². The molecular formula is C15H15ClN2OS. The van der Waals surface area contributed by atoms with Gasteiger partial charge in [-0.1, -0.05) is 29.8 Å². The average Bonchev–Trinajstić information content (AvgIpc) is 2.43. The summed E-state index contributed by atoms with van der Waals surface area (Å²) in [5.41, 5.74) is 1.29. The number of halogens is 1. The maximum absolute atomic E-state index is 12.0. The second-order valence-corrected chi connectivity index (χ2v) is 5.79. The zero-order chi connectivity index (χ0) is 14.4. The van der Waals surface area contributed by atoms with E-state index in [0.717, 1.165) is 11.4 Å². The van der Waals surface area contributed by atoms with Crippen LogP contribution in [0.2, 0.25) is 5.15 Å². The highest BCUT2D eigenvalue weighted by Gasteiger charge is 2.07. The number of nitrogens with zero attached hydrogens (tertiary/aromatic N) is 1. The molecule has 0 saturated heterocycles. The molecule has 1 aromatic carbocycles. The molecule has 2 rings (SSSR count). The highest BCUT2D eigenvalue weighted by Crippen LogP contribution is 2.16. The Bertz CT molecular complexity index is 569. The first-order valence-electron chi connectivity index (χ1n) is 6.25. The Morgan fingerprint density at radius 3 is 2.75 bits per heavy atom. The van der Waals surface area contributed by atoms with Crippen LogP contribution in [0.4, 0.5) is 0 Å². The van der Waals surface area contributed by atoms with Crippen molar-refractivity contribution in [1.82, 2.24) is 10.3 Å². The van der Waals surface area contributed by atoms with Crippen LogP contribution in [0.1, 0.15) is 16.1 Å². The van der Waals surface area contributed by atoms with Gasteiger partial charge < -0.3 is 5.32 Å². The number of amides is 1. The summed E-state index contributed by atoms with van der Waals surface area (Å²) in [6.45, 7) is 2.42. The number of hydrogen-bond donors (Lipinski definition) is 1. The van der Waals surface area contributed by atoms with Crippen LogP contribution >= 0.6 is 23.4 Å². The minimum atomic E-state index is -0.119. The third kappa shape index (κ3) is 4.54. The van der Waals surface area contributed by atoms with Crippen molar-refractivity contribution >= 4 is 29.3 Å². The van der Waals surface area contributed by atoms with Crippen molar-refractivity contribution in [3.8, 4) is 0 Å². The topological polar surface area (TPSA) is 42.0 Å². The number of pyridine rings is 1. The van der Waals surface area contributed by atoms with Gasteiger partial charge in [0.05, 0.1) is 0 Å². The molecule has 1 amide bonds. The SMILES string of the molecule is Cc1cc(C(=O)NCCSc2ccccc2)cc(Cl)n1. The predicted molar refractivity (Wildman–Crippen MR) is 83.5 cm³/mol. The molecular weight excluding hydrogens is 292 g/mol. The van der Waals surface area contributed by atoms with Gasteiger partial charge in [-0.15, -0.1) is 11.8 Å². The molecule has 0 saturated carbocycles. The van der Waals surface area contributed by atoms with E-state index in [9.17, 15) is 4.79 Å². The molecule has 0 fully saturated rings. The van der Waals surface area contributed by atoms with Gasteiger partial charge in [0.1, 0.15) is 5.15 Å². The van der Waals surface area contributed by atoms with E-state index >= 15 is 0 Å². The van der Waals surface area contributed by atoms with Crippen molar-refractivity contribution < 1.29 is 4.79 Å². The minimum Gasteiger partial charge on any atom is -0.351 e. The molecule has 0 aliphatic carbocycles. The summed E-state index contributed by atoms with van der Waals surface area (Å²) in [6.07, 6.45) is 0. The lowest BCUT2D eigenvalue weighted by Crippen LogP contribution is -2.25. The second-order valence-electron chi connectivity index (χ2n) is 4.24. The van der Waals surface area contributed by atoms with Gasteiger partial charge in [0.15, 0.2) is 0 Å². The maximum atomic E-state index is 12.0. The van der Waals surface area contributed by atoms with Gasteiger partial charge in [0.2, 0.25) is 0 Å². The fraction of sp³-hybridized carbons (Fsp3) is 0.200. The Hall–Kier alpha value is -1.52. The summed E-state index contributed by atoms with van der Waals surface area (Å²) in [5.74, 6) is 0.708. The predicted octanol–water partition coefficient (Wildman–Crippen LogP) is 3.57. The Morgan fingerprint density at radius 1 is 1.30 bits per heavy atom. The Labute approximate surface area is 127 Å². The number of thioether (sulfide) groups is 1. The lowest BCUT2D eigenvalue weighted by molar-refractivity contribution is 0.0956. The molecule has 0 aliphatic rings. The molecule has 1 aromatic heterocycles. The smallest absolute Gasteiger partial charge is 0.251 e. The number of aromatic nitrogens is 1. The molecule has 0 spiro atoms. The molecule has 0 bridgehead atoms. The van der Waals surface area contributed by atoms with Crippen molar-refractivity contribution in [3.63, 3.8) is 0 Å². The van der Waals surface area contributed by atoms with Crippen molar-refractivity contribution in [2.45, 2.75) is 11.8 Å². The fourth-order valence-electron chi connectivity index (χ4n) is 1.71. The van der Waals surface area contributed by atoms with Crippen LogP contribution in [0.25, 0.3) is 0 Å². The van der Waals surface area contributed by atoms with Crippen LogP contribution in [0.5, 0.6) is 0 Å². The normalized spacial score (nSPS) is 10.3. The molecule has 20 heavy (non-hydrogen) atoms. The molecule has 0 unspecified atom stereocenters. The lowest BCUT2D eigenvalue weighted by atomic mass is 10.2. The van der Waals surface area contributed by atoms with E-state index < -0.39 is 0 Å². The average molecular weight is 307 g/mol. The highest BCUT2D eigenvalue weighted by atomic mass is 35.5. The molecule has 2 aromatic rings. The quantitative estimate of drug-likeness (QED) is 0.522. The standard InChI is InChI=1S/C15H15ClN2OS/c1-11-9-12(10-14(16)18-11)15(19)17-7-8-20-13-5-3-2-4-6-13/h2-6,9-10H,7-8H2,1H3,(H,17,19). The largest absolute Gasteiger partial charge is 0.351 e. The summed E-state index contributed by atoms with van der Waals surface area (Å²) in [6, 6.07) is 13.4. The summed E-state index contributed by atoms with van der Waals surface area (Å²) in [5, 5.41) is 3.22. The van der Waals surface area contributed by atoms with Gasteiger partial charge >= 0.3 is 0 Å². The monoisotopic (exact) mass is 306 g/mol. The van der Waals surface area contributed by atoms with Gasteiger partial charge in [-0.25, -0.2) is 4.98 Å². The van der Waals surface area contributed by atoms with Crippen molar-refractivity contribution in [3.05, 3.63) is 58.9 Å². The summed E-state index contributed by atoms with van der Waals surface area (Å²) >= 11 is 7.55. The molecule has 0 radical (unpaired) electrons. The molecule has 3 nitrogen and oxygen atoms in total. The van der Waals surface area contributed by atoms with E-state index in [1.165, 1.54) is 4.90 Å². The fourth-order valence-corrected chi connectivity index (χ4v) is 2.75. The molecule has 1 N–H and O–H groups in total. The van der Waals surface area contributed by atoms with Crippen LogP contribution in [0.3, 0.4) is 0 Å². The van der Waals surface area contributed by atoms with Crippen LogP contribution in [0.15, 0.2) is 47.4 Å². The number of benzene rings is 1. The Balaban J connectivity index is 1.80. The molecule has 1 heterocycles. The van der Waals surface area contributed by atoms with Gasteiger partial charge in [-0.05, 0) is 31.2 Å². The first kappa shape index (κ1) is 14.9. The summed E-state index contributed by atoms with van der Waals surface area (Å²) in [7, 11) is 0. The minimum absolute atomic E-state index is 0.119. The third-order valence-corrected chi connectivity index (χ3v) is 3.79. The number of nitrogens with one attached hydrogen (secondary N) is 1. The van der Waals surface area contributed by atoms with Gasteiger partial charge in [-0.2, -0.15) is 0 Å². The van der Waals surface area contributed by atoms with Crippen LogP contribution in [-0.2, 0) is 0 Å². The number of hydrogen-bond acceptors (Lipinski definition) is 3. The van der Waals surface area contributed by atoms with E-state index in [4.69, 9.17) is 11.6 Å². The molecule has 5 heteroatoms. The Kier molecular flexibility index (Phi) is 5.44. The first-order valence-corrected chi connectivity index (χ1v) is 7.62. The van der Waals surface area contributed by atoms with Crippen LogP contribution in [0, 0.1) is 6.92 Å². The highest BCUT2D eigenvalue weighted by molar-refractivity contribution is 7.99. The zero-order valence-electron chi connectivity index (χ0n) is 11.1. The number of rotatable bonds is 5. The number of carbonyl (C=O) groups excluding carboxylic acids is 1.